The molecule has 3 rings (SSSR count). The highest BCUT2D eigenvalue weighted by atomic mass is 32.1. The topological polar surface area (TPSA) is 34.0 Å². The molecule has 0 saturated carbocycles. The summed E-state index contributed by atoms with van der Waals surface area (Å²) in [5, 5.41) is 8.65. The minimum atomic E-state index is 0.831. The van der Waals surface area contributed by atoms with Gasteiger partial charge in [0, 0.05) is 24.7 Å². The molecule has 0 radical (unpaired) electrons. The maximum atomic E-state index is 4.33. The van der Waals surface area contributed by atoms with Crippen molar-refractivity contribution >= 4 is 23.0 Å². The lowest BCUT2D eigenvalue weighted by atomic mass is 10.3. The van der Waals surface area contributed by atoms with Crippen LogP contribution in [0.5, 0.6) is 0 Å². The number of hydrogen-bond acceptors (Lipinski definition) is 4. The quantitative estimate of drug-likeness (QED) is 0.736. The summed E-state index contributed by atoms with van der Waals surface area (Å²) < 4.78 is 2.03. The van der Waals surface area contributed by atoms with Gasteiger partial charge in [0.15, 0.2) is 5.82 Å². The van der Waals surface area contributed by atoms with E-state index in [9.17, 15) is 0 Å². The number of aromatic nitrogens is 3. The van der Waals surface area contributed by atoms with Crippen LogP contribution in [0.2, 0.25) is 0 Å². The van der Waals surface area contributed by atoms with Crippen LogP contribution in [0.3, 0.4) is 0 Å². The maximum Gasteiger partial charge on any atom is 0.231 e. The van der Waals surface area contributed by atoms with E-state index < -0.39 is 0 Å². The number of para-hydroxylation sites is 1. The summed E-state index contributed by atoms with van der Waals surface area (Å²) in [6.45, 7) is 2.10. The number of aryl methyl sites for hydroxylation is 1. The molecular formula is C15H16N4S. The van der Waals surface area contributed by atoms with Crippen molar-refractivity contribution in [1.29, 1.82) is 0 Å². The van der Waals surface area contributed by atoms with Gasteiger partial charge >= 0.3 is 0 Å². The Morgan fingerprint density at radius 2 is 1.80 bits per heavy atom. The number of nitrogens with zero attached hydrogens (tertiary/aromatic N) is 4. The second-order valence-electron chi connectivity index (χ2n) is 4.69. The van der Waals surface area contributed by atoms with Gasteiger partial charge in [-0.25, -0.2) is 0 Å². The third-order valence-electron chi connectivity index (χ3n) is 3.26. The van der Waals surface area contributed by atoms with Gasteiger partial charge in [0.1, 0.15) is 0 Å². The molecule has 0 aliphatic carbocycles. The summed E-state index contributed by atoms with van der Waals surface area (Å²) in [5.74, 6) is 1.73. The summed E-state index contributed by atoms with van der Waals surface area (Å²) in [6.07, 6.45) is 0. The van der Waals surface area contributed by atoms with E-state index in [0.29, 0.717) is 0 Å². The van der Waals surface area contributed by atoms with Crippen LogP contribution in [0.4, 0.5) is 11.6 Å². The predicted molar refractivity (Wildman–Crippen MR) is 83.6 cm³/mol. The molecule has 0 saturated heterocycles. The molecular weight excluding hydrogens is 268 g/mol. The highest BCUT2D eigenvalue weighted by Crippen LogP contribution is 2.29. The second kappa shape index (κ2) is 5.09. The van der Waals surface area contributed by atoms with Gasteiger partial charge in [-0.15, -0.1) is 21.5 Å². The second-order valence-corrected chi connectivity index (χ2v) is 5.98. The number of benzene rings is 1. The molecule has 102 valence electrons. The van der Waals surface area contributed by atoms with Crippen LogP contribution in [0.15, 0.2) is 42.5 Å². The Morgan fingerprint density at radius 1 is 1.05 bits per heavy atom. The fraction of sp³-hybridized carbons (Fsp3) is 0.200. The zero-order chi connectivity index (χ0) is 14.1. The van der Waals surface area contributed by atoms with Crippen molar-refractivity contribution in [3.05, 3.63) is 47.3 Å². The van der Waals surface area contributed by atoms with E-state index >= 15 is 0 Å². The molecule has 0 atom stereocenters. The van der Waals surface area contributed by atoms with Crippen LogP contribution < -0.4 is 4.90 Å². The van der Waals surface area contributed by atoms with Gasteiger partial charge in [-0.1, -0.05) is 18.2 Å². The normalized spacial score (nSPS) is 10.8. The maximum absolute atomic E-state index is 4.33. The molecule has 0 aliphatic heterocycles. The SMILES string of the molecule is Cc1ccc(-c2nnc(N(C)c3ccccc3)n2C)s1. The van der Waals surface area contributed by atoms with E-state index in [1.165, 1.54) is 4.88 Å². The standard InChI is InChI=1S/C15H16N4S/c1-11-9-10-13(20-11)14-16-17-15(19(14)3)18(2)12-7-5-4-6-8-12/h4-10H,1-3H3. The summed E-state index contributed by atoms with van der Waals surface area (Å²) >= 11 is 1.73. The zero-order valence-electron chi connectivity index (χ0n) is 11.7. The Kier molecular flexibility index (Phi) is 3.28. The van der Waals surface area contributed by atoms with Gasteiger partial charge in [-0.05, 0) is 31.2 Å². The van der Waals surface area contributed by atoms with E-state index in [2.05, 4.69) is 41.4 Å². The zero-order valence-corrected chi connectivity index (χ0v) is 12.6. The Hall–Kier alpha value is -2.14. The molecule has 5 heteroatoms. The lowest BCUT2D eigenvalue weighted by Crippen LogP contribution is -2.14. The summed E-state index contributed by atoms with van der Waals surface area (Å²) in [7, 11) is 4.00. The minimum absolute atomic E-state index is 0.831. The third kappa shape index (κ3) is 2.20. The Balaban J connectivity index is 1.98. The first-order chi connectivity index (χ1) is 9.66. The van der Waals surface area contributed by atoms with E-state index in [1.807, 2.05) is 41.8 Å². The van der Waals surface area contributed by atoms with E-state index in [-0.39, 0.29) is 0 Å². The molecule has 0 N–H and O–H groups in total. The van der Waals surface area contributed by atoms with E-state index in [0.717, 1.165) is 22.3 Å². The predicted octanol–water partition coefficient (Wildman–Crippen LogP) is 3.62. The summed E-state index contributed by atoms with van der Waals surface area (Å²) in [4.78, 5) is 4.46. The van der Waals surface area contributed by atoms with Crippen LogP contribution in [0, 0.1) is 6.92 Å². The fourth-order valence-electron chi connectivity index (χ4n) is 2.15. The van der Waals surface area contributed by atoms with Crippen molar-refractivity contribution in [2.75, 3.05) is 11.9 Å². The van der Waals surface area contributed by atoms with Crippen molar-refractivity contribution in [2.24, 2.45) is 7.05 Å². The highest BCUT2D eigenvalue weighted by molar-refractivity contribution is 7.15. The van der Waals surface area contributed by atoms with Gasteiger partial charge in [0.25, 0.3) is 0 Å². The molecule has 0 bridgehead atoms. The number of thiophene rings is 1. The third-order valence-corrected chi connectivity index (χ3v) is 4.25. The van der Waals surface area contributed by atoms with Crippen molar-refractivity contribution in [3.8, 4) is 10.7 Å². The van der Waals surface area contributed by atoms with Gasteiger partial charge < -0.3 is 4.90 Å². The lowest BCUT2D eigenvalue weighted by molar-refractivity contribution is 0.892. The lowest BCUT2D eigenvalue weighted by Gasteiger charge is -2.17. The molecule has 3 aromatic rings. The Labute approximate surface area is 122 Å². The summed E-state index contributed by atoms with van der Waals surface area (Å²) in [5.41, 5.74) is 1.09. The van der Waals surface area contributed by atoms with Gasteiger partial charge in [0.05, 0.1) is 4.88 Å². The van der Waals surface area contributed by atoms with Crippen LogP contribution in [0.25, 0.3) is 10.7 Å². The largest absolute Gasteiger partial charge is 0.314 e. The van der Waals surface area contributed by atoms with Gasteiger partial charge in [-0.2, -0.15) is 0 Å². The average Bonchev–Trinajstić information content (AvgIpc) is 3.05. The number of hydrogen-bond donors (Lipinski definition) is 0. The molecule has 0 fully saturated rings. The number of rotatable bonds is 3. The van der Waals surface area contributed by atoms with Crippen molar-refractivity contribution in [1.82, 2.24) is 14.8 Å². The average molecular weight is 284 g/mol. The van der Waals surface area contributed by atoms with Gasteiger partial charge in [-0.3, -0.25) is 4.57 Å². The van der Waals surface area contributed by atoms with Crippen LogP contribution in [0.1, 0.15) is 4.88 Å². The Bertz CT molecular complexity index is 715. The van der Waals surface area contributed by atoms with Crippen molar-refractivity contribution < 1.29 is 0 Å². The molecule has 2 heterocycles. The molecule has 4 nitrogen and oxygen atoms in total. The van der Waals surface area contributed by atoms with Crippen LogP contribution in [-0.2, 0) is 7.05 Å². The highest BCUT2D eigenvalue weighted by Gasteiger charge is 2.16. The molecule has 0 aliphatic rings. The molecule has 1 aromatic carbocycles. The smallest absolute Gasteiger partial charge is 0.231 e. The molecule has 2 aromatic heterocycles. The number of anilines is 2. The van der Waals surface area contributed by atoms with Crippen LogP contribution >= 0.6 is 11.3 Å². The summed E-state index contributed by atoms with van der Waals surface area (Å²) in [6, 6.07) is 14.4. The first kappa shape index (κ1) is 12.9. The minimum Gasteiger partial charge on any atom is -0.314 e. The first-order valence-corrected chi connectivity index (χ1v) is 7.23. The molecule has 0 spiro atoms. The van der Waals surface area contributed by atoms with Crippen molar-refractivity contribution in [3.63, 3.8) is 0 Å². The molecule has 0 amide bonds. The van der Waals surface area contributed by atoms with Crippen LogP contribution in [-0.4, -0.2) is 21.8 Å². The first-order valence-electron chi connectivity index (χ1n) is 6.42. The molecule has 0 unspecified atom stereocenters. The monoisotopic (exact) mass is 284 g/mol. The Morgan fingerprint density at radius 3 is 2.45 bits per heavy atom. The van der Waals surface area contributed by atoms with Gasteiger partial charge in [0.2, 0.25) is 5.95 Å². The van der Waals surface area contributed by atoms with E-state index in [4.69, 9.17) is 0 Å². The van der Waals surface area contributed by atoms with Crippen molar-refractivity contribution in [2.45, 2.75) is 6.92 Å². The fourth-order valence-corrected chi connectivity index (χ4v) is 3.04. The molecule has 20 heavy (non-hydrogen) atoms. The van der Waals surface area contributed by atoms with E-state index in [1.54, 1.807) is 11.3 Å².